The van der Waals surface area contributed by atoms with Gasteiger partial charge in [0.25, 0.3) is 0 Å². The summed E-state index contributed by atoms with van der Waals surface area (Å²) in [6, 6.07) is 13.1. The van der Waals surface area contributed by atoms with Crippen LogP contribution in [-0.4, -0.2) is 19.9 Å². The molecule has 4 aromatic rings. The molecule has 1 aromatic carbocycles. The first-order valence-electron chi connectivity index (χ1n) is 8.85. The summed E-state index contributed by atoms with van der Waals surface area (Å²) in [7, 11) is 0. The van der Waals surface area contributed by atoms with Crippen LogP contribution in [0.3, 0.4) is 0 Å². The molecule has 3 heterocycles. The van der Waals surface area contributed by atoms with Crippen LogP contribution in [0.4, 0.5) is 11.6 Å². The van der Waals surface area contributed by atoms with Crippen LogP contribution in [0.25, 0.3) is 22.2 Å². The van der Waals surface area contributed by atoms with E-state index in [0.717, 1.165) is 27.7 Å². The van der Waals surface area contributed by atoms with Gasteiger partial charge in [-0.15, -0.1) is 0 Å². The first-order chi connectivity index (χ1) is 14.1. The number of rotatable bonds is 4. The number of aromatic nitrogens is 4. The van der Waals surface area contributed by atoms with Crippen LogP contribution >= 0.6 is 11.6 Å². The van der Waals surface area contributed by atoms with E-state index in [4.69, 9.17) is 17.3 Å². The number of nitrogens with two attached hydrogens (primary N) is 1. The summed E-state index contributed by atoms with van der Waals surface area (Å²) < 4.78 is 0. The smallest absolute Gasteiger partial charge is 0.150 e. The van der Waals surface area contributed by atoms with Crippen molar-refractivity contribution in [2.75, 3.05) is 11.1 Å². The minimum Gasteiger partial charge on any atom is -0.382 e. The topological polar surface area (TPSA) is 113 Å². The number of nitrogens with one attached hydrogen (secondary N) is 1. The van der Waals surface area contributed by atoms with Crippen LogP contribution in [-0.2, 0) is 0 Å². The van der Waals surface area contributed by atoms with Crippen LogP contribution in [0.1, 0.15) is 24.1 Å². The van der Waals surface area contributed by atoms with E-state index < -0.39 is 0 Å². The summed E-state index contributed by atoms with van der Waals surface area (Å²) in [6.07, 6.45) is 4.87. The highest BCUT2D eigenvalue weighted by molar-refractivity contribution is 6.31. The van der Waals surface area contributed by atoms with E-state index in [1.165, 1.54) is 6.33 Å². The minimum atomic E-state index is -0.246. The van der Waals surface area contributed by atoms with Crippen molar-refractivity contribution < 1.29 is 0 Å². The third kappa shape index (κ3) is 3.53. The Balaban J connectivity index is 1.88. The van der Waals surface area contributed by atoms with Crippen molar-refractivity contribution in [2.45, 2.75) is 13.0 Å². The number of benzene rings is 1. The van der Waals surface area contributed by atoms with E-state index in [0.29, 0.717) is 10.8 Å². The highest BCUT2D eigenvalue weighted by Crippen LogP contribution is 2.35. The van der Waals surface area contributed by atoms with Crippen LogP contribution < -0.4 is 11.1 Å². The summed E-state index contributed by atoms with van der Waals surface area (Å²) in [5, 5.41) is 14.2. The van der Waals surface area contributed by atoms with Crippen molar-refractivity contribution in [3.8, 4) is 17.3 Å². The normalized spacial score (nSPS) is 11.8. The van der Waals surface area contributed by atoms with Crippen molar-refractivity contribution in [3.05, 3.63) is 71.3 Å². The fourth-order valence-electron chi connectivity index (χ4n) is 3.21. The third-order valence-electron chi connectivity index (χ3n) is 4.59. The molecule has 0 aliphatic carbocycles. The number of nitrogens with zero attached hydrogens (tertiary/aromatic N) is 5. The number of nitriles is 1. The number of hydrogen-bond donors (Lipinski definition) is 2. The minimum absolute atomic E-state index is 0.130. The second-order valence-corrected chi connectivity index (χ2v) is 6.86. The molecule has 0 fully saturated rings. The van der Waals surface area contributed by atoms with E-state index in [1.54, 1.807) is 12.4 Å². The summed E-state index contributed by atoms with van der Waals surface area (Å²) in [5.41, 5.74) is 9.43. The van der Waals surface area contributed by atoms with E-state index in [9.17, 15) is 5.26 Å². The zero-order chi connectivity index (χ0) is 20.4. The standard InChI is InChI=1S/C21H16ClN7/c1-12(29-21-15(9-23)20(24)27-11-28-21)16-10-26-17-6-5-13(22)8-14(17)19(16)18-4-2-3-7-25-18/h2-8,10-12H,1H3,(H3,24,27,28,29)/t12-/m1/s1. The average Bonchev–Trinajstić information content (AvgIpc) is 2.73. The lowest BCUT2D eigenvalue weighted by Gasteiger charge is -2.20. The molecule has 142 valence electrons. The van der Waals surface area contributed by atoms with Gasteiger partial charge in [-0.3, -0.25) is 9.97 Å². The summed E-state index contributed by atoms with van der Waals surface area (Å²) in [4.78, 5) is 17.2. The van der Waals surface area contributed by atoms with Gasteiger partial charge in [0.15, 0.2) is 0 Å². The number of hydrogen-bond acceptors (Lipinski definition) is 7. The van der Waals surface area contributed by atoms with Gasteiger partial charge in [0.05, 0.1) is 17.3 Å². The van der Waals surface area contributed by atoms with Crippen molar-refractivity contribution in [1.82, 2.24) is 19.9 Å². The zero-order valence-corrected chi connectivity index (χ0v) is 16.2. The number of fused-ring (bicyclic) bond motifs is 1. The van der Waals surface area contributed by atoms with Gasteiger partial charge in [0.2, 0.25) is 0 Å². The van der Waals surface area contributed by atoms with Gasteiger partial charge in [-0.1, -0.05) is 17.7 Å². The number of halogens is 1. The Bertz CT molecular complexity index is 1240. The molecule has 0 spiro atoms. The molecule has 0 saturated carbocycles. The fraction of sp³-hybridized carbons (Fsp3) is 0.0952. The Morgan fingerprint density at radius 2 is 2.00 bits per heavy atom. The van der Waals surface area contributed by atoms with Crippen molar-refractivity contribution in [3.63, 3.8) is 0 Å². The van der Waals surface area contributed by atoms with Crippen molar-refractivity contribution >= 4 is 34.1 Å². The Morgan fingerprint density at radius 1 is 1.14 bits per heavy atom. The lowest BCUT2D eigenvalue weighted by molar-refractivity contribution is 0.867. The van der Waals surface area contributed by atoms with Gasteiger partial charge in [0, 0.05) is 33.9 Å². The molecule has 0 amide bonds. The molecule has 3 N–H and O–H groups in total. The maximum absolute atomic E-state index is 9.40. The highest BCUT2D eigenvalue weighted by Gasteiger charge is 2.19. The zero-order valence-electron chi connectivity index (χ0n) is 15.5. The van der Waals surface area contributed by atoms with E-state index in [2.05, 4.69) is 25.3 Å². The average molecular weight is 402 g/mol. The SMILES string of the molecule is C[C@@H](Nc1ncnc(N)c1C#N)c1cnc2ccc(Cl)cc2c1-c1ccccn1. The van der Waals surface area contributed by atoms with Crippen molar-refractivity contribution in [1.29, 1.82) is 5.26 Å². The number of anilines is 2. The summed E-state index contributed by atoms with van der Waals surface area (Å²) in [6.45, 7) is 1.96. The molecule has 29 heavy (non-hydrogen) atoms. The first kappa shape index (κ1) is 18.6. The van der Waals surface area contributed by atoms with Gasteiger partial charge in [0.1, 0.15) is 29.6 Å². The third-order valence-corrected chi connectivity index (χ3v) is 4.82. The Kier molecular flexibility index (Phi) is 4.94. The summed E-state index contributed by atoms with van der Waals surface area (Å²) >= 11 is 6.27. The molecule has 0 bridgehead atoms. The molecule has 8 heteroatoms. The second-order valence-electron chi connectivity index (χ2n) is 6.43. The predicted molar refractivity (Wildman–Crippen MR) is 113 cm³/mol. The Morgan fingerprint density at radius 3 is 2.76 bits per heavy atom. The molecule has 7 nitrogen and oxygen atoms in total. The Hall–Kier alpha value is -3.76. The van der Waals surface area contributed by atoms with Crippen LogP contribution in [0.2, 0.25) is 5.02 Å². The maximum Gasteiger partial charge on any atom is 0.150 e. The molecule has 0 saturated heterocycles. The van der Waals surface area contributed by atoms with Gasteiger partial charge < -0.3 is 11.1 Å². The largest absolute Gasteiger partial charge is 0.382 e. The highest BCUT2D eigenvalue weighted by atomic mass is 35.5. The van der Waals surface area contributed by atoms with E-state index in [-0.39, 0.29) is 17.4 Å². The lowest BCUT2D eigenvalue weighted by atomic mass is 9.96. The fourth-order valence-corrected chi connectivity index (χ4v) is 3.38. The quantitative estimate of drug-likeness (QED) is 0.522. The molecule has 0 aliphatic rings. The maximum atomic E-state index is 9.40. The van der Waals surface area contributed by atoms with Crippen LogP contribution in [0, 0.1) is 11.3 Å². The monoisotopic (exact) mass is 401 g/mol. The molecule has 4 rings (SSSR count). The van der Waals surface area contributed by atoms with Gasteiger partial charge >= 0.3 is 0 Å². The number of pyridine rings is 2. The predicted octanol–water partition coefficient (Wildman–Crippen LogP) is 4.37. The lowest BCUT2D eigenvalue weighted by Crippen LogP contribution is -2.13. The molecule has 0 aliphatic heterocycles. The molecule has 0 radical (unpaired) electrons. The molecule has 0 unspecified atom stereocenters. The Labute approximate surface area is 172 Å². The van der Waals surface area contributed by atoms with Crippen LogP contribution in [0.15, 0.2) is 55.1 Å². The molecule has 1 atom stereocenters. The molecular weight excluding hydrogens is 386 g/mol. The molecule has 3 aromatic heterocycles. The van der Waals surface area contributed by atoms with Gasteiger partial charge in [-0.2, -0.15) is 5.26 Å². The second kappa shape index (κ2) is 7.70. The summed E-state index contributed by atoms with van der Waals surface area (Å²) in [5.74, 6) is 0.497. The molecular formula is C21H16ClN7. The van der Waals surface area contributed by atoms with Crippen molar-refractivity contribution in [2.24, 2.45) is 0 Å². The van der Waals surface area contributed by atoms with E-state index in [1.807, 2.05) is 49.4 Å². The van der Waals surface area contributed by atoms with E-state index >= 15 is 0 Å². The number of nitrogen functional groups attached to an aromatic ring is 1. The van der Waals surface area contributed by atoms with Gasteiger partial charge in [-0.25, -0.2) is 9.97 Å². The first-order valence-corrected chi connectivity index (χ1v) is 9.23. The van der Waals surface area contributed by atoms with Crippen LogP contribution in [0.5, 0.6) is 0 Å². The van der Waals surface area contributed by atoms with Gasteiger partial charge in [-0.05, 0) is 37.3 Å².